The second-order valence-electron chi connectivity index (χ2n) is 3.97. The molecule has 16 heavy (non-hydrogen) atoms. The number of nitrogens with zero attached hydrogens (tertiary/aromatic N) is 1. The Morgan fingerprint density at radius 3 is 3.06 bits per heavy atom. The number of urea groups is 1. The highest BCUT2D eigenvalue weighted by Gasteiger charge is 2.31. The van der Waals surface area contributed by atoms with E-state index in [0.717, 1.165) is 18.7 Å². The molecule has 1 aromatic rings. The number of rotatable bonds is 3. The summed E-state index contributed by atoms with van der Waals surface area (Å²) in [6, 6.07) is 2.20. The number of ether oxygens (including phenoxy) is 1. The van der Waals surface area contributed by atoms with Crippen LogP contribution in [0.25, 0.3) is 0 Å². The van der Waals surface area contributed by atoms with Crippen molar-refractivity contribution < 1.29 is 9.53 Å². The van der Waals surface area contributed by atoms with Gasteiger partial charge >= 0.3 is 6.03 Å². The summed E-state index contributed by atoms with van der Waals surface area (Å²) < 4.78 is 5.06. The number of likely N-dealkylation sites (tertiary alicyclic amines) is 1. The standard InChI is InChI=1S/C11H16N2O2S/c1-8-5-9(7-16-8)12-11(14)13-4-3-10(13)6-15-2/h5,7,10H,3-4,6H2,1-2H3,(H,12,14)/t10-/m1/s1. The van der Waals surface area contributed by atoms with Crippen LogP contribution in [-0.4, -0.2) is 37.2 Å². The van der Waals surface area contributed by atoms with E-state index in [9.17, 15) is 4.79 Å². The molecule has 2 heterocycles. The lowest BCUT2D eigenvalue weighted by Crippen LogP contribution is -2.54. The maximum atomic E-state index is 11.9. The summed E-state index contributed by atoms with van der Waals surface area (Å²) in [6.07, 6.45) is 1.03. The zero-order valence-corrected chi connectivity index (χ0v) is 10.3. The fourth-order valence-corrected chi connectivity index (χ4v) is 2.41. The summed E-state index contributed by atoms with van der Waals surface area (Å²) in [4.78, 5) is 14.9. The van der Waals surface area contributed by atoms with Crippen molar-refractivity contribution in [3.05, 3.63) is 16.3 Å². The van der Waals surface area contributed by atoms with Crippen LogP contribution in [0.3, 0.4) is 0 Å². The minimum atomic E-state index is -0.0221. The van der Waals surface area contributed by atoms with Crippen LogP contribution in [0.5, 0.6) is 0 Å². The number of aryl methyl sites for hydroxylation is 1. The van der Waals surface area contributed by atoms with Gasteiger partial charge in [-0.25, -0.2) is 4.79 Å². The van der Waals surface area contributed by atoms with E-state index in [2.05, 4.69) is 5.32 Å². The summed E-state index contributed by atoms with van der Waals surface area (Å²) in [5.74, 6) is 0. The second kappa shape index (κ2) is 4.84. The zero-order valence-electron chi connectivity index (χ0n) is 9.53. The molecule has 1 fully saturated rings. The molecule has 0 radical (unpaired) electrons. The van der Waals surface area contributed by atoms with Crippen molar-refractivity contribution in [2.75, 3.05) is 25.6 Å². The Balaban J connectivity index is 1.88. The molecular formula is C11H16N2O2S. The molecule has 1 saturated heterocycles. The van der Waals surface area contributed by atoms with E-state index < -0.39 is 0 Å². The van der Waals surface area contributed by atoms with Crippen LogP contribution in [0.1, 0.15) is 11.3 Å². The van der Waals surface area contributed by atoms with Crippen LogP contribution < -0.4 is 5.32 Å². The Hall–Kier alpha value is -1.07. The first kappa shape index (κ1) is 11.4. The Bertz CT molecular complexity index is 378. The lowest BCUT2D eigenvalue weighted by Gasteiger charge is -2.40. The molecule has 5 heteroatoms. The van der Waals surface area contributed by atoms with Crippen molar-refractivity contribution in [3.63, 3.8) is 0 Å². The van der Waals surface area contributed by atoms with E-state index in [0.29, 0.717) is 6.61 Å². The summed E-state index contributed by atoms with van der Waals surface area (Å²) >= 11 is 1.64. The Morgan fingerprint density at radius 2 is 2.56 bits per heavy atom. The van der Waals surface area contributed by atoms with E-state index in [1.54, 1.807) is 18.4 Å². The largest absolute Gasteiger partial charge is 0.383 e. The number of carbonyl (C=O) groups excluding carboxylic acids is 1. The summed E-state index contributed by atoms with van der Waals surface area (Å²) in [5, 5.41) is 4.85. The average Bonchev–Trinajstić information content (AvgIpc) is 2.58. The molecule has 0 bridgehead atoms. The maximum Gasteiger partial charge on any atom is 0.322 e. The third-order valence-corrected chi connectivity index (χ3v) is 3.61. The fraction of sp³-hybridized carbons (Fsp3) is 0.545. The van der Waals surface area contributed by atoms with Crippen LogP contribution in [0, 0.1) is 6.92 Å². The molecule has 1 aliphatic heterocycles. The van der Waals surface area contributed by atoms with Gasteiger partial charge in [-0.2, -0.15) is 0 Å². The molecule has 1 aromatic heterocycles. The van der Waals surface area contributed by atoms with Crippen molar-refractivity contribution in [2.24, 2.45) is 0 Å². The summed E-state index contributed by atoms with van der Waals surface area (Å²) in [5.41, 5.74) is 0.885. The summed E-state index contributed by atoms with van der Waals surface area (Å²) in [6.45, 7) is 3.47. The topological polar surface area (TPSA) is 41.6 Å². The minimum absolute atomic E-state index is 0.0221. The Labute approximate surface area is 99.2 Å². The molecule has 2 rings (SSSR count). The van der Waals surface area contributed by atoms with Gasteiger partial charge in [-0.05, 0) is 19.4 Å². The lowest BCUT2D eigenvalue weighted by molar-refractivity contribution is 0.0545. The van der Waals surface area contributed by atoms with Crippen molar-refractivity contribution >= 4 is 23.1 Å². The smallest absolute Gasteiger partial charge is 0.322 e. The van der Waals surface area contributed by atoms with Crippen molar-refractivity contribution in [1.29, 1.82) is 0 Å². The normalized spacial score (nSPS) is 19.4. The molecule has 0 spiro atoms. The lowest BCUT2D eigenvalue weighted by atomic mass is 10.1. The van der Waals surface area contributed by atoms with Gasteiger partial charge in [0.1, 0.15) is 0 Å². The molecule has 1 aliphatic rings. The molecule has 0 aromatic carbocycles. The molecule has 2 amide bonds. The third-order valence-electron chi connectivity index (χ3n) is 2.75. The van der Waals surface area contributed by atoms with Crippen molar-refractivity contribution in [2.45, 2.75) is 19.4 Å². The monoisotopic (exact) mass is 240 g/mol. The van der Waals surface area contributed by atoms with Gasteiger partial charge in [0.05, 0.1) is 18.3 Å². The number of hydrogen-bond acceptors (Lipinski definition) is 3. The maximum absolute atomic E-state index is 11.9. The third kappa shape index (κ3) is 2.36. The fourth-order valence-electron chi connectivity index (χ4n) is 1.78. The Kier molecular flexibility index (Phi) is 3.46. The van der Waals surface area contributed by atoms with E-state index >= 15 is 0 Å². The number of nitrogens with one attached hydrogen (secondary N) is 1. The van der Waals surface area contributed by atoms with Gasteiger partial charge < -0.3 is 15.0 Å². The van der Waals surface area contributed by atoms with Crippen LogP contribution >= 0.6 is 11.3 Å². The van der Waals surface area contributed by atoms with Crippen LogP contribution in [0.15, 0.2) is 11.4 Å². The molecule has 4 nitrogen and oxygen atoms in total. The van der Waals surface area contributed by atoms with E-state index in [1.165, 1.54) is 4.88 Å². The first-order valence-electron chi connectivity index (χ1n) is 5.32. The van der Waals surface area contributed by atoms with Gasteiger partial charge in [-0.1, -0.05) is 0 Å². The van der Waals surface area contributed by atoms with Gasteiger partial charge in [0.25, 0.3) is 0 Å². The van der Waals surface area contributed by atoms with E-state index in [1.807, 2.05) is 23.3 Å². The minimum Gasteiger partial charge on any atom is -0.383 e. The Morgan fingerprint density at radius 1 is 1.75 bits per heavy atom. The molecule has 0 unspecified atom stereocenters. The highest BCUT2D eigenvalue weighted by atomic mass is 32.1. The number of hydrogen-bond donors (Lipinski definition) is 1. The second-order valence-corrected chi connectivity index (χ2v) is 5.08. The van der Waals surface area contributed by atoms with Crippen LogP contribution in [0.2, 0.25) is 0 Å². The highest BCUT2D eigenvalue weighted by Crippen LogP contribution is 2.22. The first-order chi connectivity index (χ1) is 7.70. The molecular weight excluding hydrogens is 224 g/mol. The SMILES string of the molecule is COC[C@H]1CCN1C(=O)Nc1csc(C)c1. The van der Waals surface area contributed by atoms with Crippen LogP contribution in [0.4, 0.5) is 10.5 Å². The number of anilines is 1. The average molecular weight is 240 g/mol. The van der Waals surface area contributed by atoms with Crippen LogP contribution in [-0.2, 0) is 4.74 Å². The van der Waals surface area contributed by atoms with Gasteiger partial charge in [-0.15, -0.1) is 11.3 Å². The molecule has 1 atom stereocenters. The van der Waals surface area contributed by atoms with Gasteiger partial charge in [0, 0.05) is 23.9 Å². The highest BCUT2D eigenvalue weighted by molar-refractivity contribution is 7.10. The number of carbonyl (C=O) groups is 1. The first-order valence-corrected chi connectivity index (χ1v) is 6.20. The predicted molar refractivity (Wildman–Crippen MR) is 65.1 cm³/mol. The number of amides is 2. The predicted octanol–water partition coefficient (Wildman–Crippen LogP) is 2.31. The van der Waals surface area contributed by atoms with Crippen molar-refractivity contribution in [1.82, 2.24) is 4.90 Å². The van der Waals surface area contributed by atoms with Gasteiger partial charge in [0.2, 0.25) is 0 Å². The number of methoxy groups -OCH3 is 1. The molecule has 0 saturated carbocycles. The van der Waals surface area contributed by atoms with Gasteiger partial charge in [0.15, 0.2) is 0 Å². The van der Waals surface area contributed by atoms with E-state index in [-0.39, 0.29) is 12.1 Å². The van der Waals surface area contributed by atoms with E-state index in [4.69, 9.17) is 4.74 Å². The van der Waals surface area contributed by atoms with Gasteiger partial charge in [-0.3, -0.25) is 0 Å². The molecule has 1 N–H and O–H groups in total. The van der Waals surface area contributed by atoms with Crippen molar-refractivity contribution in [3.8, 4) is 0 Å². The molecule has 0 aliphatic carbocycles. The number of thiophene rings is 1. The summed E-state index contributed by atoms with van der Waals surface area (Å²) in [7, 11) is 1.66. The quantitative estimate of drug-likeness (QED) is 0.881. The zero-order chi connectivity index (χ0) is 11.5. The molecule has 88 valence electrons.